The van der Waals surface area contributed by atoms with Gasteiger partial charge in [-0.3, -0.25) is 18.7 Å². The Bertz CT molecular complexity index is 1690. The maximum absolute atomic E-state index is 14.4. The molecular weight excluding hydrogens is 517 g/mol. The molecule has 0 aliphatic heterocycles. The zero-order valence-corrected chi connectivity index (χ0v) is 19.4. The van der Waals surface area contributed by atoms with Crippen molar-refractivity contribution >= 4 is 39.0 Å². The molecule has 4 aromatic rings. The van der Waals surface area contributed by atoms with Crippen LogP contribution in [0.5, 0.6) is 0 Å². The molecule has 183 valence electrons. The summed E-state index contributed by atoms with van der Waals surface area (Å²) in [6, 6.07) is 1.17. The Morgan fingerprint density at radius 1 is 1.14 bits per heavy atom. The average Bonchev–Trinajstić information content (AvgIpc) is 3.35. The second-order valence-corrected chi connectivity index (χ2v) is 8.90. The van der Waals surface area contributed by atoms with Crippen LogP contribution in [0.2, 0.25) is 0 Å². The Morgan fingerprint density at radius 3 is 2.49 bits per heavy atom. The van der Waals surface area contributed by atoms with E-state index < -0.39 is 52.5 Å². The molecular formula is C20H13F5N5O3S2. The van der Waals surface area contributed by atoms with Crippen LogP contribution in [0.3, 0.4) is 0 Å². The predicted octanol–water partition coefficient (Wildman–Crippen LogP) is 2.83. The lowest BCUT2D eigenvalue weighted by molar-refractivity contribution is -0.140. The second-order valence-electron chi connectivity index (χ2n) is 7.32. The number of benzene rings is 1. The number of aryl methyl sites for hydroxylation is 1. The Hall–Kier alpha value is -3.46. The fourth-order valence-electron chi connectivity index (χ4n) is 3.33. The van der Waals surface area contributed by atoms with E-state index in [1.165, 1.54) is 24.0 Å². The first-order valence-electron chi connectivity index (χ1n) is 9.51. The molecule has 1 radical (unpaired) electrons. The zero-order chi connectivity index (χ0) is 25.8. The van der Waals surface area contributed by atoms with Crippen LogP contribution in [0.1, 0.15) is 11.3 Å². The lowest BCUT2D eigenvalue weighted by atomic mass is 10.1. The van der Waals surface area contributed by atoms with Crippen molar-refractivity contribution in [1.82, 2.24) is 18.1 Å². The minimum Gasteiger partial charge on any atom is -0.314 e. The van der Waals surface area contributed by atoms with Crippen LogP contribution in [0.15, 0.2) is 32.1 Å². The van der Waals surface area contributed by atoms with Gasteiger partial charge >= 0.3 is 11.9 Å². The molecule has 0 aliphatic carbocycles. The summed E-state index contributed by atoms with van der Waals surface area (Å²) in [6.45, 7) is 0. The van der Waals surface area contributed by atoms with Crippen LogP contribution in [0.4, 0.5) is 22.0 Å². The molecule has 0 fully saturated rings. The molecule has 3 aromatic heterocycles. The predicted molar refractivity (Wildman–Crippen MR) is 118 cm³/mol. The Labute approximate surface area is 200 Å². The third-order valence-corrected chi connectivity index (χ3v) is 6.97. The van der Waals surface area contributed by atoms with Gasteiger partial charge in [-0.15, -0.1) is 11.3 Å². The minimum atomic E-state index is -5.07. The molecule has 0 N–H and O–H groups in total. The van der Waals surface area contributed by atoms with E-state index in [9.17, 15) is 36.3 Å². The number of fused-ring (bicyclic) bond motifs is 1. The molecule has 0 aliphatic rings. The summed E-state index contributed by atoms with van der Waals surface area (Å²) in [5, 5.41) is 1.35. The first-order valence-corrected chi connectivity index (χ1v) is 11.2. The maximum Gasteiger partial charge on any atom is 0.419 e. The van der Waals surface area contributed by atoms with Gasteiger partial charge in [0.05, 0.1) is 28.8 Å². The van der Waals surface area contributed by atoms with E-state index in [0.29, 0.717) is 6.07 Å². The molecule has 0 bridgehead atoms. The summed E-state index contributed by atoms with van der Waals surface area (Å²) in [5.74, 6) is -4.52. The number of aromatic nitrogens is 4. The average molecular weight is 530 g/mol. The smallest absolute Gasteiger partial charge is 0.314 e. The van der Waals surface area contributed by atoms with Crippen molar-refractivity contribution in [1.29, 1.82) is 0 Å². The van der Waals surface area contributed by atoms with Crippen molar-refractivity contribution in [2.24, 2.45) is 19.1 Å². The molecule has 0 saturated heterocycles. The number of halogens is 5. The fraction of sp³-hybridized carbons (Fsp3) is 0.200. The number of thiazole rings is 1. The number of nitrogens with zero attached hydrogens (tertiary/aromatic N) is 5. The van der Waals surface area contributed by atoms with Crippen LogP contribution in [-0.2, 0) is 31.5 Å². The van der Waals surface area contributed by atoms with Crippen LogP contribution >= 0.6 is 22.9 Å². The lowest BCUT2D eigenvalue weighted by Gasteiger charge is -2.11. The highest BCUT2D eigenvalue weighted by Gasteiger charge is 2.36. The van der Waals surface area contributed by atoms with Crippen LogP contribution in [0, 0.1) is 18.7 Å². The van der Waals surface area contributed by atoms with Gasteiger partial charge < -0.3 is 4.57 Å². The normalized spacial score (nSPS) is 12.6. The highest BCUT2D eigenvalue weighted by atomic mass is 32.1. The van der Waals surface area contributed by atoms with Crippen molar-refractivity contribution in [3.63, 3.8) is 0 Å². The molecule has 8 nitrogen and oxygen atoms in total. The minimum absolute atomic E-state index is 0.0513. The van der Waals surface area contributed by atoms with Gasteiger partial charge in [-0.2, -0.15) is 22.5 Å². The number of carbonyl (C=O) groups is 1. The SMILES string of the molecule is [CH2]n1c(-c2ccc(C(F)(F)F)c(F)c2F)csc1=NC(=O)Cc1nsc2c1c(=O)n(C)c(=O)n2C. The van der Waals surface area contributed by atoms with Crippen molar-refractivity contribution in [3.05, 3.63) is 73.1 Å². The summed E-state index contributed by atoms with van der Waals surface area (Å²) in [4.78, 5) is 41.2. The van der Waals surface area contributed by atoms with Crippen molar-refractivity contribution in [3.8, 4) is 11.3 Å². The molecule has 1 aromatic carbocycles. The van der Waals surface area contributed by atoms with Gasteiger partial charge in [0.15, 0.2) is 16.4 Å². The van der Waals surface area contributed by atoms with Gasteiger partial charge in [-0.25, -0.2) is 13.6 Å². The van der Waals surface area contributed by atoms with Gasteiger partial charge in [-0.1, -0.05) is 0 Å². The molecule has 0 unspecified atom stereocenters. The summed E-state index contributed by atoms with van der Waals surface area (Å²) >= 11 is 1.69. The molecule has 15 heteroatoms. The van der Waals surface area contributed by atoms with Gasteiger partial charge in [0.2, 0.25) is 0 Å². The van der Waals surface area contributed by atoms with Gasteiger partial charge in [-0.05, 0) is 23.7 Å². The van der Waals surface area contributed by atoms with E-state index >= 15 is 0 Å². The molecule has 1 amide bonds. The van der Waals surface area contributed by atoms with Crippen LogP contribution < -0.4 is 16.1 Å². The molecule has 35 heavy (non-hydrogen) atoms. The highest BCUT2D eigenvalue weighted by molar-refractivity contribution is 7.13. The van der Waals surface area contributed by atoms with Crippen molar-refractivity contribution < 1.29 is 26.7 Å². The number of alkyl halides is 3. The van der Waals surface area contributed by atoms with E-state index in [1.54, 1.807) is 0 Å². The van der Waals surface area contributed by atoms with Crippen LogP contribution in [0.25, 0.3) is 21.5 Å². The summed E-state index contributed by atoms with van der Waals surface area (Å²) in [5.41, 5.74) is -3.41. The first-order chi connectivity index (χ1) is 16.3. The molecule has 0 atom stereocenters. The third kappa shape index (κ3) is 4.14. The van der Waals surface area contributed by atoms with Crippen LogP contribution in [-0.4, -0.2) is 24.0 Å². The van der Waals surface area contributed by atoms with E-state index in [4.69, 9.17) is 0 Å². The maximum atomic E-state index is 14.4. The monoisotopic (exact) mass is 530 g/mol. The topological polar surface area (TPSA) is 91.2 Å². The summed E-state index contributed by atoms with van der Waals surface area (Å²) in [6.07, 6.45) is -5.47. The zero-order valence-electron chi connectivity index (χ0n) is 17.8. The Morgan fingerprint density at radius 2 is 1.83 bits per heavy atom. The summed E-state index contributed by atoms with van der Waals surface area (Å²) < 4.78 is 74.0. The molecule has 0 spiro atoms. The standard InChI is InChI=1S/C20H13F5N5O3S2/c1-28-11(8-4-5-9(20(23,24)25)15(22)14(8)21)7-34-18(28)26-12(31)6-10-13-16(32)29(2)19(33)30(3)17(13)35-27-10/h4-5,7H,1,6H2,2-3H3. The van der Waals surface area contributed by atoms with Gasteiger partial charge in [0.25, 0.3) is 11.5 Å². The quantitative estimate of drug-likeness (QED) is 0.381. The Balaban J connectivity index is 1.71. The molecule has 4 rings (SSSR count). The largest absolute Gasteiger partial charge is 0.419 e. The third-order valence-electron chi connectivity index (χ3n) is 5.14. The van der Waals surface area contributed by atoms with E-state index in [1.807, 2.05) is 0 Å². The van der Waals surface area contributed by atoms with Gasteiger partial charge in [0.1, 0.15) is 4.83 Å². The van der Waals surface area contributed by atoms with E-state index in [-0.39, 0.29) is 26.4 Å². The molecule has 3 heterocycles. The number of hydrogen-bond acceptors (Lipinski definition) is 6. The van der Waals surface area contributed by atoms with E-state index in [2.05, 4.69) is 16.4 Å². The number of amides is 1. The number of rotatable bonds is 3. The molecule has 0 saturated carbocycles. The van der Waals surface area contributed by atoms with Gasteiger partial charge in [0, 0.05) is 32.1 Å². The van der Waals surface area contributed by atoms with E-state index in [0.717, 1.165) is 38.1 Å². The second kappa shape index (κ2) is 8.64. The fourth-order valence-corrected chi connectivity index (χ4v) is 5.03. The summed E-state index contributed by atoms with van der Waals surface area (Å²) in [7, 11) is 6.36. The van der Waals surface area contributed by atoms with Crippen molar-refractivity contribution in [2.75, 3.05) is 0 Å². The van der Waals surface area contributed by atoms with Crippen molar-refractivity contribution in [2.45, 2.75) is 12.6 Å². The first kappa shape index (κ1) is 24.7. The number of hydrogen-bond donors (Lipinski definition) is 0. The Kier molecular flexibility index (Phi) is 6.09. The number of carbonyl (C=O) groups excluding carboxylic acids is 1. The lowest BCUT2D eigenvalue weighted by Crippen LogP contribution is -2.36. The highest BCUT2D eigenvalue weighted by Crippen LogP contribution is 2.35.